The summed E-state index contributed by atoms with van der Waals surface area (Å²) in [5.41, 5.74) is 0.712. The molecule has 1 aromatic carbocycles. The maximum absolute atomic E-state index is 13.4. The molecule has 1 saturated carbocycles. The summed E-state index contributed by atoms with van der Waals surface area (Å²) in [6.07, 6.45) is 6.68. The number of hydrogen-bond acceptors (Lipinski definition) is 4. The lowest BCUT2D eigenvalue weighted by Gasteiger charge is -2.33. The van der Waals surface area contributed by atoms with Crippen LogP contribution in [0.25, 0.3) is 0 Å². The van der Waals surface area contributed by atoms with Crippen LogP contribution in [0.5, 0.6) is 5.19 Å². The third kappa shape index (κ3) is 3.27. The molecule has 2 aromatic rings. The molecule has 1 aliphatic carbocycles. The van der Waals surface area contributed by atoms with Gasteiger partial charge in [-0.2, -0.15) is 0 Å². The number of hydrogen-bond donors (Lipinski definition) is 0. The average Bonchev–Trinajstić information content (AvgIpc) is 3.37. The fourth-order valence-corrected chi connectivity index (χ4v) is 4.77. The predicted molar refractivity (Wildman–Crippen MR) is 99.3 cm³/mol. The number of carbonyl (C=O) groups is 1. The number of likely N-dealkylation sites (tertiary alicyclic amines) is 1. The van der Waals surface area contributed by atoms with E-state index in [0.717, 1.165) is 44.2 Å². The lowest BCUT2D eigenvalue weighted by molar-refractivity contribution is -0.136. The monoisotopic (exact) mass is 376 g/mol. The number of benzene rings is 1. The van der Waals surface area contributed by atoms with Crippen molar-refractivity contribution in [1.82, 2.24) is 9.88 Å². The Labute approximate surface area is 156 Å². The van der Waals surface area contributed by atoms with Crippen molar-refractivity contribution in [2.75, 3.05) is 13.1 Å². The Morgan fingerprint density at radius 3 is 2.72 bits per heavy atom. The molecule has 1 saturated heterocycles. The van der Waals surface area contributed by atoms with Crippen molar-refractivity contribution >= 4 is 28.8 Å². The zero-order valence-electron chi connectivity index (χ0n) is 14.0. The van der Waals surface area contributed by atoms with E-state index in [1.165, 1.54) is 11.3 Å². The van der Waals surface area contributed by atoms with Gasteiger partial charge in [0.25, 0.3) is 5.19 Å². The van der Waals surface area contributed by atoms with E-state index in [9.17, 15) is 4.79 Å². The van der Waals surface area contributed by atoms with Crippen LogP contribution in [0.15, 0.2) is 35.8 Å². The van der Waals surface area contributed by atoms with Crippen molar-refractivity contribution < 1.29 is 9.53 Å². The molecule has 4 nitrogen and oxygen atoms in total. The predicted octanol–water partition coefficient (Wildman–Crippen LogP) is 4.29. The number of carbonyl (C=O) groups excluding carboxylic acids is 1. The molecule has 0 bridgehead atoms. The molecule has 25 heavy (non-hydrogen) atoms. The SMILES string of the molecule is O=C(N1CCC(Oc2nccs2)C1)C1(c2ccc(Cl)cc2)CCCC1. The van der Waals surface area contributed by atoms with Crippen molar-refractivity contribution in [3.63, 3.8) is 0 Å². The number of ether oxygens (including phenoxy) is 1. The van der Waals surface area contributed by atoms with Crippen LogP contribution in [-0.4, -0.2) is 35.0 Å². The third-order valence-electron chi connectivity index (χ3n) is 5.37. The van der Waals surface area contributed by atoms with Gasteiger partial charge >= 0.3 is 0 Å². The first-order valence-electron chi connectivity index (χ1n) is 8.79. The molecule has 2 fully saturated rings. The second-order valence-electron chi connectivity index (χ2n) is 6.87. The molecule has 0 radical (unpaired) electrons. The van der Waals surface area contributed by atoms with Gasteiger partial charge in [0.2, 0.25) is 5.91 Å². The Balaban J connectivity index is 1.51. The zero-order valence-corrected chi connectivity index (χ0v) is 15.6. The van der Waals surface area contributed by atoms with E-state index in [4.69, 9.17) is 16.3 Å². The molecule has 1 aliphatic heterocycles. The van der Waals surface area contributed by atoms with Crippen LogP contribution in [0.4, 0.5) is 0 Å². The highest BCUT2D eigenvalue weighted by Crippen LogP contribution is 2.43. The molecule has 1 aromatic heterocycles. The quantitative estimate of drug-likeness (QED) is 0.799. The summed E-state index contributed by atoms with van der Waals surface area (Å²) in [5.74, 6) is 0.248. The molecule has 1 amide bonds. The Hall–Kier alpha value is -1.59. The minimum absolute atomic E-state index is 0.0405. The lowest BCUT2D eigenvalue weighted by atomic mass is 9.77. The summed E-state index contributed by atoms with van der Waals surface area (Å²) in [4.78, 5) is 19.6. The summed E-state index contributed by atoms with van der Waals surface area (Å²) in [7, 11) is 0. The van der Waals surface area contributed by atoms with Crippen molar-refractivity contribution in [3.8, 4) is 5.19 Å². The number of thiazole rings is 1. The summed E-state index contributed by atoms with van der Waals surface area (Å²) >= 11 is 7.53. The number of aromatic nitrogens is 1. The normalized spacial score (nSPS) is 22.3. The maximum Gasteiger partial charge on any atom is 0.273 e. The Bertz CT molecular complexity index is 726. The minimum atomic E-state index is -0.388. The Morgan fingerprint density at radius 1 is 1.28 bits per heavy atom. The molecule has 4 rings (SSSR count). The first-order chi connectivity index (χ1) is 12.2. The molecular formula is C19H21ClN2O2S. The van der Waals surface area contributed by atoms with Gasteiger partial charge < -0.3 is 9.64 Å². The van der Waals surface area contributed by atoms with E-state index >= 15 is 0 Å². The standard InChI is InChI=1S/C19H21ClN2O2S/c20-15-5-3-14(4-6-15)19(8-1-2-9-19)17(23)22-11-7-16(13-22)24-18-21-10-12-25-18/h3-6,10,12,16H,1-2,7-9,11,13H2. The largest absolute Gasteiger partial charge is 0.465 e. The molecule has 132 valence electrons. The van der Waals surface area contributed by atoms with E-state index in [-0.39, 0.29) is 17.4 Å². The molecule has 6 heteroatoms. The van der Waals surface area contributed by atoms with Gasteiger partial charge in [0.1, 0.15) is 6.10 Å². The molecule has 0 spiro atoms. The van der Waals surface area contributed by atoms with Crippen molar-refractivity contribution in [2.45, 2.75) is 43.6 Å². The van der Waals surface area contributed by atoms with Crippen LogP contribution in [0.3, 0.4) is 0 Å². The molecule has 2 heterocycles. The second kappa shape index (κ2) is 6.96. The average molecular weight is 377 g/mol. The topological polar surface area (TPSA) is 42.4 Å². The van der Waals surface area contributed by atoms with Gasteiger partial charge in [-0.25, -0.2) is 4.98 Å². The highest BCUT2D eigenvalue weighted by molar-refractivity contribution is 7.11. The van der Waals surface area contributed by atoms with Crippen LogP contribution >= 0.6 is 22.9 Å². The van der Waals surface area contributed by atoms with E-state index in [1.807, 2.05) is 34.5 Å². The fourth-order valence-electron chi connectivity index (χ4n) is 4.10. The summed E-state index contributed by atoms with van der Waals surface area (Å²) < 4.78 is 5.91. The Kier molecular flexibility index (Phi) is 4.69. The fraction of sp³-hybridized carbons (Fsp3) is 0.474. The number of rotatable bonds is 4. The summed E-state index contributed by atoms with van der Waals surface area (Å²) in [6, 6.07) is 7.82. The minimum Gasteiger partial charge on any atom is -0.465 e. The number of amides is 1. The molecule has 0 N–H and O–H groups in total. The number of nitrogens with zero attached hydrogens (tertiary/aromatic N) is 2. The van der Waals surface area contributed by atoms with E-state index in [1.54, 1.807) is 6.20 Å². The van der Waals surface area contributed by atoms with Crippen molar-refractivity contribution in [3.05, 3.63) is 46.4 Å². The second-order valence-corrected chi connectivity index (χ2v) is 8.17. The van der Waals surface area contributed by atoms with Gasteiger partial charge in [0, 0.05) is 29.6 Å². The van der Waals surface area contributed by atoms with Crippen LogP contribution in [0, 0.1) is 0 Å². The maximum atomic E-state index is 13.4. The van der Waals surface area contributed by atoms with Gasteiger partial charge in [-0.1, -0.05) is 47.9 Å². The third-order valence-corrected chi connectivity index (χ3v) is 6.29. The van der Waals surface area contributed by atoms with Crippen molar-refractivity contribution in [2.24, 2.45) is 0 Å². The first-order valence-corrected chi connectivity index (χ1v) is 10.0. The smallest absolute Gasteiger partial charge is 0.273 e. The van der Waals surface area contributed by atoms with Crippen LogP contribution in [-0.2, 0) is 10.2 Å². The van der Waals surface area contributed by atoms with Gasteiger partial charge in [-0.3, -0.25) is 4.79 Å². The molecule has 1 unspecified atom stereocenters. The summed E-state index contributed by atoms with van der Waals surface area (Å²) in [6.45, 7) is 1.40. The molecule has 2 aliphatic rings. The first kappa shape index (κ1) is 16.9. The molecule has 1 atom stereocenters. The van der Waals surface area contributed by atoms with E-state index < -0.39 is 0 Å². The highest BCUT2D eigenvalue weighted by Gasteiger charge is 2.46. The highest BCUT2D eigenvalue weighted by atomic mass is 35.5. The van der Waals surface area contributed by atoms with Gasteiger partial charge in [-0.05, 0) is 30.5 Å². The Morgan fingerprint density at radius 2 is 2.04 bits per heavy atom. The lowest BCUT2D eigenvalue weighted by Crippen LogP contribution is -2.45. The molecular weight excluding hydrogens is 356 g/mol. The van der Waals surface area contributed by atoms with Crippen LogP contribution in [0.2, 0.25) is 5.02 Å². The number of halogens is 1. The summed E-state index contributed by atoms with van der Waals surface area (Å²) in [5, 5.41) is 3.30. The van der Waals surface area contributed by atoms with Gasteiger partial charge in [0.15, 0.2) is 0 Å². The van der Waals surface area contributed by atoms with Crippen molar-refractivity contribution in [1.29, 1.82) is 0 Å². The van der Waals surface area contributed by atoms with Gasteiger partial charge in [0.05, 0.1) is 12.0 Å². The van der Waals surface area contributed by atoms with Crippen LogP contribution in [0.1, 0.15) is 37.7 Å². The van der Waals surface area contributed by atoms with E-state index in [0.29, 0.717) is 16.8 Å². The van der Waals surface area contributed by atoms with Crippen LogP contribution < -0.4 is 4.74 Å². The zero-order chi connectivity index (χ0) is 17.3. The van der Waals surface area contributed by atoms with E-state index in [2.05, 4.69) is 4.98 Å². The van der Waals surface area contributed by atoms with Gasteiger partial charge in [-0.15, -0.1) is 0 Å².